The number of hydrogen-bond acceptors (Lipinski definition) is 4. The van der Waals surface area contributed by atoms with E-state index in [1.807, 2.05) is 36.2 Å². The number of benzene rings is 3. The fourth-order valence-corrected chi connectivity index (χ4v) is 4.60. The second-order valence-electron chi connectivity index (χ2n) is 8.01. The van der Waals surface area contributed by atoms with Crippen LogP contribution in [0, 0.1) is 10.8 Å². The highest BCUT2D eigenvalue weighted by Gasteiger charge is 2.23. The van der Waals surface area contributed by atoms with Crippen molar-refractivity contribution in [3.63, 3.8) is 0 Å². The number of rotatable bonds is 5. The Morgan fingerprint density at radius 3 is 2.50 bits per heavy atom. The summed E-state index contributed by atoms with van der Waals surface area (Å²) < 4.78 is 1.39. The third-order valence-corrected chi connectivity index (χ3v) is 6.59. The van der Waals surface area contributed by atoms with Crippen LogP contribution >= 0.6 is 23.2 Å². The number of aromatic nitrogens is 2. The molecule has 0 atom stereocenters. The van der Waals surface area contributed by atoms with Gasteiger partial charge < -0.3 is 4.90 Å². The second-order valence-corrected chi connectivity index (χ2v) is 8.83. The van der Waals surface area contributed by atoms with E-state index in [2.05, 4.69) is 29.2 Å². The van der Waals surface area contributed by atoms with Crippen LogP contribution in [0.1, 0.15) is 24.3 Å². The van der Waals surface area contributed by atoms with Gasteiger partial charge >= 0.3 is 0 Å². The third kappa shape index (κ3) is 3.57. The van der Waals surface area contributed by atoms with Gasteiger partial charge in [0.05, 0.1) is 22.6 Å². The monoisotopic (exact) mass is 461 g/mol. The molecule has 1 aromatic heterocycles. The largest absolute Gasteiger partial charge is 0.327 e. The van der Waals surface area contributed by atoms with Gasteiger partial charge in [0.2, 0.25) is 5.62 Å². The molecular formula is C25H21Cl2N5. The Kier molecular flexibility index (Phi) is 5.24. The molecule has 0 unspecified atom stereocenters. The molecule has 0 bridgehead atoms. The van der Waals surface area contributed by atoms with Gasteiger partial charge in [0.1, 0.15) is 5.82 Å². The van der Waals surface area contributed by atoms with E-state index in [4.69, 9.17) is 34.0 Å². The Morgan fingerprint density at radius 2 is 1.81 bits per heavy atom. The first-order chi connectivity index (χ1) is 15.5. The van der Waals surface area contributed by atoms with E-state index in [1.54, 1.807) is 12.1 Å². The third-order valence-electron chi connectivity index (χ3n) is 5.96. The first kappa shape index (κ1) is 20.7. The highest BCUT2D eigenvalue weighted by Crippen LogP contribution is 2.42. The quantitative estimate of drug-likeness (QED) is 0.260. The maximum Gasteiger partial charge on any atom is 0.229 e. The van der Waals surface area contributed by atoms with Crippen molar-refractivity contribution in [1.29, 1.82) is 10.8 Å². The van der Waals surface area contributed by atoms with Gasteiger partial charge in [-0.15, -0.1) is 0 Å². The number of hydrogen-bond donors (Lipinski definition) is 2. The number of nitrogens with zero attached hydrogens (tertiary/aromatic N) is 3. The van der Waals surface area contributed by atoms with Crippen molar-refractivity contribution in [2.45, 2.75) is 18.8 Å². The van der Waals surface area contributed by atoms with Crippen LogP contribution in [0.3, 0.4) is 0 Å². The maximum atomic E-state index is 8.31. The van der Waals surface area contributed by atoms with E-state index in [9.17, 15) is 0 Å². The minimum absolute atomic E-state index is 0.0560. The van der Waals surface area contributed by atoms with Crippen molar-refractivity contribution in [3.8, 4) is 11.1 Å². The van der Waals surface area contributed by atoms with Gasteiger partial charge in [0.25, 0.3) is 0 Å². The van der Waals surface area contributed by atoms with Crippen LogP contribution in [-0.4, -0.2) is 22.9 Å². The molecule has 1 fully saturated rings. The molecule has 160 valence electrons. The number of anilines is 2. The molecule has 1 heterocycles. The molecular weight excluding hydrogens is 441 g/mol. The molecule has 0 amide bonds. The molecule has 5 rings (SSSR count). The summed E-state index contributed by atoms with van der Waals surface area (Å²) in [6.07, 6.45) is 3.62. The number of fused-ring (bicyclic) bond motifs is 1. The van der Waals surface area contributed by atoms with Crippen molar-refractivity contribution >= 4 is 51.9 Å². The fourth-order valence-electron chi connectivity index (χ4n) is 4.08. The molecule has 0 spiro atoms. The van der Waals surface area contributed by atoms with E-state index in [0.717, 1.165) is 28.5 Å². The van der Waals surface area contributed by atoms with Crippen LogP contribution in [0.2, 0.25) is 10.0 Å². The van der Waals surface area contributed by atoms with Gasteiger partial charge in [0.15, 0.2) is 0 Å². The molecule has 3 aromatic carbocycles. The van der Waals surface area contributed by atoms with Crippen molar-refractivity contribution in [2.75, 3.05) is 11.9 Å². The van der Waals surface area contributed by atoms with Crippen molar-refractivity contribution in [1.82, 2.24) is 9.55 Å². The van der Waals surface area contributed by atoms with Crippen LogP contribution in [0.5, 0.6) is 0 Å². The molecule has 1 aliphatic carbocycles. The summed E-state index contributed by atoms with van der Waals surface area (Å²) >= 11 is 13.1. The Bertz CT molecular complexity index is 1400. The Balaban J connectivity index is 1.62. The fraction of sp³-hybridized carbons (Fsp3) is 0.160. The van der Waals surface area contributed by atoms with E-state index in [1.165, 1.54) is 23.0 Å². The van der Waals surface area contributed by atoms with E-state index < -0.39 is 0 Å². The van der Waals surface area contributed by atoms with Gasteiger partial charge in [-0.3, -0.25) is 15.4 Å². The van der Waals surface area contributed by atoms with Crippen molar-refractivity contribution in [2.24, 2.45) is 0 Å². The first-order valence-corrected chi connectivity index (χ1v) is 11.1. The van der Waals surface area contributed by atoms with Gasteiger partial charge in [-0.25, -0.2) is 0 Å². The SMILES string of the molecule is CN(c1cccc(-c2ccc(C3CC3)cc2)c1Cl)c1nc(=N)n(C=N)c2cc(Cl)ccc12. The Labute approximate surface area is 195 Å². The zero-order chi connectivity index (χ0) is 22.4. The summed E-state index contributed by atoms with van der Waals surface area (Å²) in [6, 6.07) is 19.9. The van der Waals surface area contributed by atoms with E-state index >= 15 is 0 Å². The lowest BCUT2D eigenvalue weighted by molar-refractivity contribution is 0.915. The Morgan fingerprint density at radius 1 is 1.06 bits per heavy atom. The van der Waals surface area contributed by atoms with E-state index in [0.29, 0.717) is 27.3 Å². The van der Waals surface area contributed by atoms with E-state index in [-0.39, 0.29) is 5.62 Å². The molecule has 0 radical (unpaired) electrons. The minimum Gasteiger partial charge on any atom is -0.327 e. The maximum absolute atomic E-state index is 8.31. The predicted molar refractivity (Wildman–Crippen MR) is 132 cm³/mol. The smallest absolute Gasteiger partial charge is 0.229 e. The number of halogens is 2. The summed E-state index contributed by atoms with van der Waals surface area (Å²) in [5.74, 6) is 1.29. The second kappa shape index (κ2) is 8.08. The molecule has 1 saturated carbocycles. The van der Waals surface area contributed by atoms with Crippen LogP contribution in [0.4, 0.5) is 11.5 Å². The van der Waals surface area contributed by atoms with Gasteiger partial charge in [-0.2, -0.15) is 4.98 Å². The van der Waals surface area contributed by atoms with Crippen LogP contribution < -0.4 is 10.5 Å². The highest BCUT2D eigenvalue weighted by atomic mass is 35.5. The minimum atomic E-state index is -0.0560. The summed E-state index contributed by atoms with van der Waals surface area (Å²) in [7, 11) is 1.88. The Hall–Kier alpha value is -3.15. The normalized spacial score (nSPS) is 13.3. The summed E-state index contributed by atoms with van der Waals surface area (Å²) in [4.78, 5) is 6.34. The van der Waals surface area contributed by atoms with Gasteiger partial charge in [0, 0.05) is 23.0 Å². The predicted octanol–water partition coefficient (Wildman–Crippen LogP) is 6.59. The molecule has 32 heavy (non-hydrogen) atoms. The summed E-state index contributed by atoms with van der Waals surface area (Å²) in [6.45, 7) is 0. The van der Waals surface area contributed by atoms with Crippen LogP contribution in [0.15, 0.2) is 60.7 Å². The molecule has 7 heteroatoms. The van der Waals surface area contributed by atoms with Crippen molar-refractivity contribution in [3.05, 3.63) is 81.9 Å². The topological polar surface area (TPSA) is 68.8 Å². The molecule has 0 aliphatic heterocycles. The summed E-state index contributed by atoms with van der Waals surface area (Å²) in [5, 5.41) is 17.9. The molecule has 1 aliphatic rings. The first-order valence-electron chi connectivity index (χ1n) is 10.4. The lowest BCUT2D eigenvalue weighted by Gasteiger charge is -2.23. The van der Waals surface area contributed by atoms with Crippen LogP contribution in [0.25, 0.3) is 22.0 Å². The van der Waals surface area contributed by atoms with Crippen LogP contribution in [-0.2, 0) is 0 Å². The average molecular weight is 462 g/mol. The van der Waals surface area contributed by atoms with Gasteiger partial charge in [-0.1, -0.05) is 59.6 Å². The summed E-state index contributed by atoms with van der Waals surface area (Å²) in [5.41, 5.74) is 4.76. The average Bonchev–Trinajstić information content (AvgIpc) is 3.64. The van der Waals surface area contributed by atoms with Crippen molar-refractivity contribution < 1.29 is 0 Å². The molecule has 4 aromatic rings. The molecule has 2 N–H and O–H groups in total. The molecule has 0 saturated heterocycles. The number of nitrogens with one attached hydrogen (secondary N) is 2. The lowest BCUT2D eigenvalue weighted by Crippen LogP contribution is -2.26. The zero-order valence-corrected chi connectivity index (χ0v) is 19.0. The standard InChI is InChI=1S/C25H21Cl2N5/c1-31(24-20-12-11-18(26)13-22(20)32(14-28)25(29)30-24)21-4-2-3-19(23(21)27)17-9-7-16(8-10-17)15-5-6-15/h2-4,7-15,28-29H,5-6H2,1H3. The highest BCUT2D eigenvalue weighted by molar-refractivity contribution is 6.36. The molecule has 5 nitrogen and oxygen atoms in total. The lowest BCUT2D eigenvalue weighted by atomic mass is 10.0. The zero-order valence-electron chi connectivity index (χ0n) is 17.4. The van der Waals surface area contributed by atoms with Gasteiger partial charge in [-0.05, 0) is 54.2 Å².